The van der Waals surface area contributed by atoms with Gasteiger partial charge < -0.3 is 20.4 Å². The lowest BCUT2D eigenvalue weighted by atomic mass is 9.83. The number of carboxylic acids is 1. The van der Waals surface area contributed by atoms with Gasteiger partial charge in [0.25, 0.3) is 0 Å². The van der Waals surface area contributed by atoms with E-state index in [4.69, 9.17) is 0 Å². The van der Waals surface area contributed by atoms with Crippen molar-refractivity contribution < 1.29 is 24.6 Å². The lowest BCUT2D eigenvalue weighted by Gasteiger charge is -2.44. The molecule has 7 nitrogen and oxygen atoms in total. The second-order valence-corrected chi connectivity index (χ2v) is 6.34. The van der Waals surface area contributed by atoms with Gasteiger partial charge in [0.2, 0.25) is 11.8 Å². The first-order valence-electron chi connectivity index (χ1n) is 6.69. The Balaban J connectivity index is 2.04. The van der Waals surface area contributed by atoms with Gasteiger partial charge in [-0.05, 0) is 6.92 Å². The highest BCUT2D eigenvalue weighted by molar-refractivity contribution is 8.03. The molecule has 0 bridgehead atoms. The molecule has 0 saturated carbocycles. The largest absolute Gasteiger partial charge is 0.477 e. The van der Waals surface area contributed by atoms with E-state index in [1.807, 2.05) is 0 Å². The number of nitrogens with one attached hydrogen (secondary N) is 1. The number of rotatable bonds is 6. The highest BCUT2D eigenvalue weighted by Crippen LogP contribution is 2.46. The van der Waals surface area contributed by atoms with Gasteiger partial charge in [-0.3, -0.25) is 9.59 Å². The molecule has 0 aromatic carbocycles. The normalized spacial score (nSPS) is 25.5. The average molecular weight is 314 g/mol. The van der Waals surface area contributed by atoms with Gasteiger partial charge in [-0.1, -0.05) is 0 Å². The predicted molar refractivity (Wildman–Crippen MR) is 76.2 cm³/mol. The molecule has 0 aliphatic carbocycles. The standard InChI is InChI=1S/C13H18N2O5S/c1-6(16)10-8-5-9(21-4-3-14-7(2)17)11(13(19)20)15(8)12(10)18/h6,8,10,16H,3-5H2,1-2H3,(H,14,17)(H,19,20)/t6?,8?,10-/m0/s1. The van der Waals surface area contributed by atoms with Crippen molar-refractivity contribution in [3.8, 4) is 0 Å². The fraction of sp³-hybridized carbons (Fsp3) is 0.615. The Kier molecular flexibility index (Phi) is 4.58. The van der Waals surface area contributed by atoms with E-state index >= 15 is 0 Å². The van der Waals surface area contributed by atoms with Crippen LogP contribution in [0.3, 0.4) is 0 Å². The van der Waals surface area contributed by atoms with Crippen molar-refractivity contribution in [3.63, 3.8) is 0 Å². The molecular formula is C13H18N2O5S. The second-order valence-electron chi connectivity index (χ2n) is 5.15. The van der Waals surface area contributed by atoms with E-state index in [1.54, 1.807) is 6.92 Å². The Hall–Kier alpha value is -1.54. The maximum atomic E-state index is 12.0. The van der Waals surface area contributed by atoms with Gasteiger partial charge in [-0.2, -0.15) is 0 Å². The smallest absolute Gasteiger partial charge is 0.353 e. The highest BCUT2D eigenvalue weighted by atomic mass is 32.2. The minimum Gasteiger partial charge on any atom is -0.477 e. The van der Waals surface area contributed by atoms with Crippen LogP contribution in [0.4, 0.5) is 0 Å². The summed E-state index contributed by atoms with van der Waals surface area (Å²) in [5, 5.41) is 21.5. The molecule has 0 aromatic heterocycles. The van der Waals surface area contributed by atoms with Crippen molar-refractivity contribution >= 4 is 29.5 Å². The summed E-state index contributed by atoms with van der Waals surface area (Å²) in [7, 11) is 0. The molecule has 3 N–H and O–H groups in total. The lowest BCUT2D eigenvalue weighted by Crippen LogP contribution is -2.61. The predicted octanol–water partition coefficient (Wildman–Crippen LogP) is -0.237. The third-order valence-electron chi connectivity index (χ3n) is 3.64. The van der Waals surface area contributed by atoms with Crippen LogP contribution in [0.2, 0.25) is 0 Å². The Bertz CT molecular complexity index is 517. The van der Waals surface area contributed by atoms with Gasteiger partial charge in [0.05, 0.1) is 18.1 Å². The summed E-state index contributed by atoms with van der Waals surface area (Å²) in [5.41, 5.74) is 0.0229. The number of aliphatic carboxylic acids is 1. The van der Waals surface area contributed by atoms with Crippen LogP contribution in [0.1, 0.15) is 20.3 Å². The maximum Gasteiger partial charge on any atom is 0.353 e. The topological polar surface area (TPSA) is 107 Å². The van der Waals surface area contributed by atoms with Gasteiger partial charge in [0.15, 0.2) is 0 Å². The first kappa shape index (κ1) is 15.8. The van der Waals surface area contributed by atoms with E-state index in [9.17, 15) is 24.6 Å². The Morgan fingerprint density at radius 2 is 2.19 bits per heavy atom. The number of thioether (sulfide) groups is 1. The number of carboxylic acid groups (broad SMARTS) is 1. The Morgan fingerprint density at radius 1 is 1.52 bits per heavy atom. The molecule has 2 aliphatic rings. The zero-order valence-corrected chi connectivity index (χ0v) is 12.6. The number of β-lactam (4-membered cyclic amide) rings is 1. The molecule has 3 atom stereocenters. The molecule has 2 heterocycles. The number of hydrogen-bond donors (Lipinski definition) is 3. The third kappa shape index (κ3) is 2.91. The quantitative estimate of drug-likeness (QED) is 0.461. The van der Waals surface area contributed by atoms with Crippen LogP contribution in [-0.4, -0.2) is 57.3 Å². The summed E-state index contributed by atoms with van der Waals surface area (Å²) in [6.45, 7) is 3.40. The number of aliphatic hydroxyl groups excluding tert-OH is 1. The minimum atomic E-state index is -1.13. The SMILES string of the molecule is CC(=O)NCCSC1=C(C(=O)O)N2C(=O)[C@@H](C(C)O)C2C1. The molecule has 1 fully saturated rings. The van der Waals surface area contributed by atoms with Crippen molar-refractivity contribution in [3.05, 3.63) is 10.6 Å². The van der Waals surface area contributed by atoms with Crippen molar-refractivity contribution in [2.75, 3.05) is 12.3 Å². The summed E-state index contributed by atoms with van der Waals surface area (Å²) >= 11 is 1.33. The van der Waals surface area contributed by atoms with Crippen LogP contribution < -0.4 is 5.32 Å². The van der Waals surface area contributed by atoms with E-state index in [0.29, 0.717) is 23.6 Å². The first-order valence-corrected chi connectivity index (χ1v) is 7.68. The Labute approximate surface area is 126 Å². The number of nitrogens with zero attached hydrogens (tertiary/aromatic N) is 1. The van der Waals surface area contributed by atoms with Crippen molar-refractivity contribution in [1.29, 1.82) is 0 Å². The summed E-state index contributed by atoms with van der Waals surface area (Å²) in [6.07, 6.45) is -0.328. The molecular weight excluding hydrogens is 296 g/mol. The number of carbonyl (C=O) groups is 3. The van der Waals surface area contributed by atoms with Crippen LogP contribution >= 0.6 is 11.8 Å². The highest BCUT2D eigenvalue weighted by Gasteiger charge is 2.56. The molecule has 21 heavy (non-hydrogen) atoms. The van der Waals surface area contributed by atoms with Crippen LogP contribution in [0, 0.1) is 5.92 Å². The molecule has 2 unspecified atom stereocenters. The van der Waals surface area contributed by atoms with Gasteiger partial charge in [0, 0.05) is 30.5 Å². The molecule has 0 aromatic rings. The number of carbonyl (C=O) groups excluding carboxylic acids is 2. The van der Waals surface area contributed by atoms with E-state index in [1.165, 1.54) is 23.6 Å². The molecule has 0 radical (unpaired) electrons. The van der Waals surface area contributed by atoms with Crippen molar-refractivity contribution in [2.45, 2.75) is 32.4 Å². The zero-order valence-electron chi connectivity index (χ0n) is 11.8. The van der Waals surface area contributed by atoms with Gasteiger partial charge in [-0.25, -0.2) is 4.79 Å². The zero-order chi connectivity index (χ0) is 15.7. The van der Waals surface area contributed by atoms with Crippen LogP contribution in [0.15, 0.2) is 10.6 Å². The minimum absolute atomic E-state index is 0.0229. The molecule has 2 aliphatic heterocycles. The summed E-state index contributed by atoms with van der Waals surface area (Å²) in [5.74, 6) is -1.57. The fourth-order valence-electron chi connectivity index (χ4n) is 2.76. The molecule has 2 amide bonds. The van der Waals surface area contributed by atoms with E-state index in [2.05, 4.69) is 5.32 Å². The van der Waals surface area contributed by atoms with Crippen molar-refractivity contribution in [1.82, 2.24) is 10.2 Å². The second kappa shape index (κ2) is 6.07. The number of amides is 2. The molecule has 0 spiro atoms. The number of aliphatic hydroxyl groups is 1. The van der Waals surface area contributed by atoms with Crippen LogP contribution in [0.5, 0.6) is 0 Å². The molecule has 1 saturated heterocycles. The van der Waals surface area contributed by atoms with Crippen LogP contribution in [-0.2, 0) is 14.4 Å². The molecule has 2 rings (SSSR count). The van der Waals surface area contributed by atoms with Gasteiger partial charge in [0.1, 0.15) is 5.70 Å². The van der Waals surface area contributed by atoms with Gasteiger partial charge >= 0.3 is 5.97 Å². The molecule has 116 valence electrons. The van der Waals surface area contributed by atoms with Crippen LogP contribution in [0.25, 0.3) is 0 Å². The number of fused-ring (bicyclic) bond motifs is 1. The summed E-state index contributed by atoms with van der Waals surface area (Å²) < 4.78 is 0. The maximum absolute atomic E-state index is 12.0. The monoisotopic (exact) mass is 314 g/mol. The average Bonchev–Trinajstić information content (AvgIpc) is 2.68. The fourth-order valence-corrected chi connectivity index (χ4v) is 3.82. The Morgan fingerprint density at radius 3 is 2.71 bits per heavy atom. The third-order valence-corrected chi connectivity index (χ3v) is 4.76. The molecule has 8 heteroatoms. The van der Waals surface area contributed by atoms with E-state index < -0.39 is 18.0 Å². The van der Waals surface area contributed by atoms with Gasteiger partial charge in [-0.15, -0.1) is 11.8 Å². The van der Waals surface area contributed by atoms with Crippen molar-refractivity contribution in [2.24, 2.45) is 5.92 Å². The summed E-state index contributed by atoms with van der Waals surface area (Å²) in [6, 6.07) is -0.258. The lowest BCUT2D eigenvalue weighted by molar-refractivity contribution is -0.161. The van der Waals surface area contributed by atoms with E-state index in [0.717, 1.165) is 0 Å². The first-order chi connectivity index (χ1) is 9.84. The summed E-state index contributed by atoms with van der Waals surface area (Å²) in [4.78, 5) is 36.0. The van der Waals surface area contributed by atoms with E-state index in [-0.39, 0.29) is 23.6 Å². The number of hydrogen-bond acceptors (Lipinski definition) is 5.